The Labute approximate surface area is 160 Å². The van der Waals surface area contributed by atoms with Gasteiger partial charge in [0.15, 0.2) is 11.6 Å². The highest BCUT2D eigenvalue weighted by atomic mass is 19.1. The quantitative estimate of drug-likeness (QED) is 0.639. The van der Waals surface area contributed by atoms with Gasteiger partial charge in [-0.3, -0.25) is 0 Å². The lowest BCUT2D eigenvalue weighted by Crippen LogP contribution is -2.08. The van der Waals surface area contributed by atoms with Gasteiger partial charge < -0.3 is 15.4 Å². The highest BCUT2D eigenvalue weighted by Gasteiger charge is 2.26. The van der Waals surface area contributed by atoms with Crippen molar-refractivity contribution in [1.82, 2.24) is 0 Å². The fourth-order valence-electron chi connectivity index (χ4n) is 2.68. The van der Waals surface area contributed by atoms with Crippen molar-refractivity contribution >= 4 is 22.7 Å². The molecule has 3 rings (SSSR count). The smallest absolute Gasteiger partial charge is 0.168 e. The van der Waals surface area contributed by atoms with Crippen LogP contribution in [0.2, 0.25) is 0 Å². The van der Waals surface area contributed by atoms with Crippen LogP contribution in [0.5, 0.6) is 5.75 Å². The molecular formula is C21H14F2N4O. The molecule has 0 unspecified atom stereocenters. The van der Waals surface area contributed by atoms with Crippen molar-refractivity contribution in [1.29, 1.82) is 10.5 Å². The molecular weight excluding hydrogens is 362 g/mol. The van der Waals surface area contributed by atoms with Crippen molar-refractivity contribution in [2.24, 2.45) is 0 Å². The number of rotatable bonds is 5. The van der Waals surface area contributed by atoms with Crippen LogP contribution in [0.25, 0.3) is 0 Å². The van der Waals surface area contributed by atoms with E-state index in [4.69, 9.17) is 4.74 Å². The van der Waals surface area contributed by atoms with Gasteiger partial charge in [0.25, 0.3) is 0 Å². The number of nitrogens with one attached hydrogen (secondary N) is 2. The minimum absolute atomic E-state index is 0.287. The van der Waals surface area contributed by atoms with Crippen molar-refractivity contribution in [3.8, 4) is 17.9 Å². The maximum Gasteiger partial charge on any atom is 0.168 e. The molecule has 0 radical (unpaired) electrons. The molecule has 0 aliphatic rings. The molecule has 0 amide bonds. The third kappa shape index (κ3) is 3.42. The summed E-state index contributed by atoms with van der Waals surface area (Å²) in [5.41, 5.74) is -1.07. The Morgan fingerprint density at radius 3 is 1.89 bits per heavy atom. The zero-order valence-electron chi connectivity index (χ0n) is 14.8. The summed E-state index contributed by atoms with van der Waals surface area (Å²) in [5.74, 6) is -1.66. The zero-order chi connectivity index (χ0) is 20.1. The first-order chi connectivity index (χ1) is 13.6. The van der Waals surface area contributed by atoms with Crippen LogP contribution in [0.4, 0.5) is 31.5 Å². The normalized spacial score (nSPS) is 9.89. The summed E-state index contributed by atoms with van der Waals surface area (Å²) in [7, 11) is 1.44. The summed E-state index contributed by atoms with van der Waals surface area (Å²) in [4.78, 5) is 0. The lowest BCUT2D eigenvalue weighted by atomic mass is 10.0. The molecule has 0 saturated carbocycles. The molecule has 0 aromatic heterocycles. The third-order valence-electron chi connectivity index (χ3n) is 4.01. The van der Waals surface area contributed by atoms with E-state index in [9.17, 15) is 10.5 Å². The number of hydrogen-bond donors (Lipinski definition) is 2. The average molecular weight is 376 g/mol. The van der Waals surface area contributed by atoms with Crippen molar-refractivity contribution in [2.45, 2.75) is 0 Å². The van der Waals surface area contributed by atoms with Crippen molar-refractivity contribution in [3.63, 3.8) is 0 Å². The summed E-state index contributed by atoms with van der Waals surface area (Å²) in [6.45, 7) is 0. The lowest BCUT2D eigenvalue weighted by Gasteiger charge is -2.19. The highest BCUT2D eigenvalue weighted by Crippen LogP contribution is 2.39. The van der Waals surface area contributed by atoms with Crippen LogP contribution in [0, 0.1) is 34.3 Å². The second kappa shape index (κ2) is 8.07. The molecule has 3 aromatic carbocycles. The number of methoxy groups -OCH3 is 1. The molecule has 0 atom stereocenters. The van der Waals surface area contributed by atoms with Crippen LogP contribution < -0.4 is 15.4 Å². The van der Waals surface area contributed by atoms with E-state index in [2.05, 4.69) is 10.6 Å². The minimum Gasteiger partial charge on any atom is -0.495 e. The Morgan fingerprint density at radius 1 is 0.786 bits per heavy atom. The standard InChI is InChI=1S/C21H14F2N4O/c1-28-17-10-6-5-9-16(17)27-21-19(23)15(12-25)14(11-24)18(22)20(21)26-13-7-3-2-4-8-13/h2-10,26-27H,1H3. The molecule has 7 heteroatoms. The van der Waals surface area contributed by atoms with Gasteiger partial charge in [0.2, 0.25) is 0 Å². The van der Waals surface area contributed by atoms with Crippen LogP contribution in [-0.2, 0) is 0 Å². The maximum atomic E-state index is 15.1. The maximum absolute atomic E-state index is 15.1. The molecule has 0 heterocycles. The van der Waals surface area contributed by atoms with E-state index in [1.54, 1.807) is 66.7 Å². The van der Waals surface area contributed by atoms with Crippen LogP contribution in [0.1, 0.15) is 11.1 Å². The minimum atomic E-state index is -1.04. The summed E-state index contributed by atoms with van der Waals surface area (Å²) >= 11 is 0. The van der Waals surface area contributed by atoms with Gasteiger partial charge in [-0.2, -0.15) is 10.5 Å². The van der Waals surface area contributed by atoms with E-state index in [1.165, 1.54) is 7.11 Å². The number of para-hydroxylation sites is 3. The first-order valence-electron chi connectivity index (χ1n) is 8.18. The molecule has 0 spiro atoms. The molecule has 5 nitrogen and oxygen atoms in total. The monoisotopic (exact) mass is 376 g/mol. The topological polar surface area (TPSA) is 80.9 Å². The number of ether oxygens (including phenoxy) is 1. The molecule has 2 N–H and O–H groups in total. The first-order valence-corrected chi connectivity index (χ1v) is 8.18. The summed E-state index contributed by atoms with van der Waals surface area (Å²) in [5, 5.41) is 24.0. The number of nitrogens with zero attached hydrogens (tertiary/aromatic N) is 2. The molecule has 0 fully saturated rings. The lowest BCUT2D eigenvalue weighted by molar-refractivity contribution is 0.417. The number of halogens is 2. The molecule has 28 heavy (non-hydrogen) atoms. The van der Waals surface area contributed by atoms with E-state index >= 15 is 8.78 Å². The van der Waals surface area contributed by atoms with E-state index in [-0.39, 0.29) is 11.4 Å². The molecule has 0 bridgehead atoms. The Bertz CT molecular complexity index is 1100. The molecule has 0 aliphatic carbocycles. The van der Waals surface area contributed by atoms with Gasteiger partial charge in [0.05, 0.1) is 12.8 Å². The van der Waals surface area contributed by atoms with Crippen LogP contribution in [0.15, 0.2) is 54.6 Å². The SMILES string of the molecule is COc1ccccc1Nc1c(F)c(C#N)c(C#N)c(F)c1Nc1ccccc1. The van der Waals surface area contributed by atoms with Gasteiger partial charge in [0.1, 0.15) is 40.4 Å². The van der Waals surface area contributed by atoms with E-state index < -0.39 is 22.8 Å². The number of anilines is 4. The van der Waals surface area contributed by atoms with Crippen molar-refractivity contribution < 1.29 is 13.5 Å². The third-order valence-corrected chi connectivity index (χ3v) is 4.01. The van der Waals surface area contributed by atoms with E-state index in [0.29, 0.717) is 17.1 Å². The van der Waals surface area contributed by atoms with Crippen LogP contribution in [-0.4, -0.2) is 7.11 Å². The summed E-state index contributed by atoms with van der Waals surface area (Å²) < 4.78 is 35.4. The first kappa shape index (κ1) is 18.7. The Balaban J connectivity index is 2.23. The Hall–Kier alpha value is -4.10. The van der Waals surface area contributed by atoms with Crippen molar-refractivity contribution in [2.75, 3.05) is 17.7 Å². The molecule has 138 valence electrons. The Kier molecular flexibility index (Phi) is 5.38. The van der Waals surface area contributed by atoms with Crippen LogP contribution in [0.3, 0.4) is 0 Å². The number of benzene rings is 3. The van der Waals surface area contributed by atoms with Gasteiger partial charge in [-0.1, -0.05) is 30.3 Å². The number of hydrogen-bond acceptors (Lipinski definition) is 5. The average Bonchev–Trinajstić information content (AvgIpc) is 2.73. The van der Waals surface area contributed by atoms with Gasteiger partial charge in [-0.15, -0.1) is 0 Å². The zero-order valence-corrected chi connectivity index (χ0v) is 14.8. The van der Waals surface area contributed by atoms with Gasteiger partial charge in [-0.25, -0.2) is 8.78 Å². The Morgan fingerprint density at radius 2 is 1.32 bits per heavy atom. The van der Waals surface area contributed by atoms with E-state index in [0.717, 1.165) is 0 Å². The van der Waals surface area contributed by atoms with Gasteiger partial charge in [0, 0.05) is 5.69 Å². The van der Waals surface area contributed by atoms with Gasteiger partial charge in [-0.05, 0) is 24.3 Å². The summed E-state index contributed by atoms with van der Waals surface area (Å²) in [6, 6.07) is 18.4. The summed E-state index contributed by atoms with van der Waals surface area (Å²) in [6.07, 6.45) is 0. The fraction of sp³-hybridized carbons (Fsp3) is 0.0476. The predicted octanol–water partition coefficient (Wildman–Crippen LogP) is 5.20. The second-order valence-electron chi connectivity index (χ2n) is 5.67. The predicted molar refractivity (Wildman–Crippen MR) is 102 cm³/mol. The van der Waals surface area contributed by atoms with Crippen molar-refractivity contribution in [3.05, 3.63) is 77.4 Å². The fourth-order valence-corrected chi connectivity index (χ4v) is 2.68. The molecule has 3 aromatic rings. The second-order valence-corrected chi connectivity index (χ2v) is 5.67. The largest absolute Gasteiger partial charge is 0.495 e. The molecule has 0 saturated heterocycles. The van der Waals surface area contributed by atoms with Crippen LogP contribution >= 0.6 is 0 Å². The van der Waals surface area contributed by atoms with E-state index in [1.807, 2.05) is 0 Å². The van der Waals surface area contributed by atoms with Gasteiger partial charge >= 0.3 is 0 Å². The highest BCUT2D eigenvalue weighted by molar-refractivity contribution is 5.84. The molecule has 0 aliphatic heterocycles. The number of nitriles is 2.